The summed E-state index contributed by atoms with van der Waals surface area (Å²) in [5.74, 6) is -5.24. The van der Waals surface area contributed by atoms with E-state index in [4.69, 9.17) is 0 Å². The van der Waals surface area contributed by atoms with Crippen molar-refractivity contribution < 1.29 is 31.5 Å². The van der Waals surface area contributed by atoms with Crippen molar-refractivity contribution in [1.29, 1.82) is 0 Å². The zero-order valence-electron chi connectivity index (χ0n) is 18.7. The number of nitrogens with zero attached hydrogens (tertiary/aromatic N) is 3. The van der Waals surface area contributed by atoms with Crippen LogP contribution in [0.2, 0.25) is 0 Å². The van der Waals surface area contributed by atoms with Gasteiger partial charge in [0.2, 0.25) is 11.8 Å². The third-order valence-electron chi connectivity index (χ3n) is 7.42. The number of carbonyl (C=O) groups excluding carboxylic acids is 2. The van der Waals surface area contributed by atoms with Gasteiger partial charge in [-0.05, 0) is 36.9 Å². The molecule has 3 aliphatic heterocycles. The number of halogens is 5. The molecule has 3 fully saturated rings. The molecule has 0 radical (unpaired) electrons. The number of hydrogen-bond donors (Lipinski definition) is 0. The van der Waals surface area contributed by atoms with Gasteiger partial charge >= 0.3 is 6.18 Å². The van der Waals surface area contributed by atoms with E-state index in [1.54, 1.807) is 30.3 Å². The third kappa shape index (κ3) is 4.69. The smallest absolute Gasteiger partial charge is 0.337 e. The quantitative estimate of drug-likeness (QED) is 0.474. The summed E-state index contributed by atoms with van der Waals surface area (Å²) in [4.78, 5) is 29.1. The van der Waals surface area contributed by atoms with Crippen LogP contribution in [-0.2, 0) is 9.59 Å². The molecule has 10 heteroatoms. The molecule has 4 rings (SSSR count). The SMILES string of the molecule is C=CC(=O)N1CC2(CCN(C(=O)[C@H](c3ccccc3)[C@H]3CCN(CC(F)(F)F)C3)CC2(F)F)C1. The number of amides is 2. The Balaban J connectivity index is 1.50. The van der Waals surface area contributed by atoms with Crippen LogP contribution in [0.5, 0.6) is 0 Å². The average Bonchev–Trinajstić information content (AvgIpc) is 3.18. The molecule has 0 saturated carbocycles. The maximum Gasteiger partial charge on any atom is 0.401 e. The van der Waals surface area contributed by atoms with Crippen LogP contribution in [0.15, 0.2) is 43.0 Å². The van der Waals surface area contributed by atoms with Gasteiger partial charge in [-0.15, -0.1) is 0 Å². The Bertz CT molecular complexity index is 930. The van der Waals surface area contributed by atoms with Crippen molar-refractivity contribution in [2.45, 2.75) is 30.9 Å². The lowest BCUT2D eigenvalue weighted by Gasteiger charge is -2.57. The molecular formula is C24H28F5N3O2. The second-order valence-electron chi connectivity index (χ2n) is 9.68. The molecule has 1 spiro atoms. The van der Waals surface area contributed by atoms with E-state index in [1.807, 2.05) is 0 Å². The Kier molecular flexibility index (Phi) is 6.48. The molecule has 186 valence electrons. The van der Waals surface area contributed by atoms with E-state index < -0.39 is 54.3 Å². The zero-order valence-corrected chi connectivity index (χ0v) is 18.7. The molecule has 3 saturated heterocycles. The Labute approximate surface area is 195 Å². The van der Waals surface area contributed by atoms with Crippen molar-refractivity contribution in [2.75, 3.05) is 45.8 Å². The van der Waals surface area contributed by atoms with Crippen LogP contribution in [0.1, 0.15) is 24.3 Å². The van der Waals surface area contributed by atoms with Crippen LogP contribution < -0.4 is 0 Å². The van der Waals surface area contributed by atoms with Gasteiger partial charge in [-0.25, -0.2) is 8.78 Å². The number of carbonyl (C=O) groups is 2. The number of alkyl halides is 5. The molecule has 0 N–H and O–H groups in total. The first-order valence-corrected chi connectivity index (χ1v) is 11.4. The van der Waals surface area contributed by atoms with Gasteiger partial charge in [-0.1, -0.05) is 36.9 Å². The lowest BCUT2D eigenvalue weighted by atomic mass is 9.68. The molecule has 5 nitrogen and oxygen atoms in total. The fourth-order valence-corrected chi connectivity index (χ4v) is 5.57. The Morgan fingerprint density at radius 1 is 1.09 bits per heavy atom. The average molecular weight is 485 g/mol. The fraction of sp³-hybridized carbons (Fsp3) is 0.583. The minimum Gasteiger partial charge on any atom is -0.337 e. The summed E-state index contributed by atoms with van der Waals surface area (Å²) in [7, 11) is 0. The van der Waals surface area contributed by atoms with Gasteiger partial charge in [0.05, 0.1) is 24.4 Å². The lowest BCUT2D eigenvalue weighted by Crippen LogP contribution is -2.71. The second-order valence-corrected chi connectivity index (χ2v) is 9.68. The van der Waals surface area contributed by atoms with Crippen molar-refractivity contribution in [3.05, 3.63) is 48.6 Å². The number of benzene rings is 1. The molecule has 0 aromatic heterocycles. The summed E-state index contributed by atoms with van der Waals surface area (Å²) < 4.78 is 69.1. The van der Waals surface area contributed by atoms with Crippen LogP contribution in [-0.4, -0.2) is 84.4 Å². The van der Waals surface area contributed by atoms with E-state index >= 15 is 8.78 Å². The Morgan fingerprint density at radius 2 is 1.76 bits per heavy atom. The molecule has 3 heterocycles. The maximum atomic E-state index is 15.3. The molecular weight excluding hydrogens is 457 g/mol. The van der Waals surface area contributed by atoms with E-state index in [0.29, 0.717) is 12.0 Å². The normalized spacial score (nSPS) is 25.1. The van der Waals surface area contributed by atoms with E-state index in [-0.39, 0.29) is 39.1 Å². The van der Waals surface area contributed by atoms with E-state index in [1.165, 1.54) is 9.80 Å². The molecule has 1 aromatic rings. The van der Waals surface area contributed by atoms with Gasteiger partial charge in [-0.2, -0.15) is 13.2 Å². The summed E-state index contributed by atoms with van der Waals surface area (Å²) >= 11 is 0. The maximum absolute atomic E-state index is 15.3. The summed E-state index contributed by atoms with van der Waals surface area (Å²) in [6, 6.07) is 8.68. The Morgan fingerprint density at radius 3 is 2.35 bits per heavy atom. The molecule has 0 bridgehead atoms. The van der Waals surface area contributed by atoms with E-state index in [2.05, 4.69) is 6.58 Å². The Hall–Kier alpha value is -2.49. The molecule has 34 heavy (non-hydrogen) atoms. The van der Waals surface area contributed by atoms with Crippen LogP contribution in [0.3, 0.4) is 0 Å². The highest BCUT2D eigenvalue weighted by Gasteiger charge is 2.64. The number of hydrogen-bond acceptors (Lipinski definition) is 3. The number of piperidine rings is 1. The lowest BCUT2D eigenvalue weighted by molar-refractivity contribution is -0.223. The van der Waals surface area contributed by atoms with Gasteiger partial charge < -0.3 is 9.80 Å². The van der Waals surface area contributed by atoms with Crippen molar-refractivity contribution in [2.24, 2.45) is 11.3 Å². The van der Waals surface area contributed by atoms with Crippen molar-refractivity contribution in [3.63, 3.8) is 0 Å². The molecule has 2 atom stereocenters. The zero-order chi connectivity index (χ0) is 24.7. The minimum absolute atomic E-state index is 0.0546. The first-order chi connectivity index (χ1) is 15.9. The molecule has 0 unspecified atom stereocenters. The largest absolute Gasteiger partial charge is 0.401 e. The number of rotatable bonds is 5. The molecule has 1 aromatic carbocycles. The molecule has 3 aliphatic rings. The molecule has 2 amide bonds. The van der Waals surface area contributed by atoms with Gasteiger partial charge in [0.25, 0.3) is 5.92 Å². The predicted molar refractivity (Wildman–Crippen MR) is 115 cm³/mol. The van der Waals surface area contributed by atoms with E-state index in [0.717, 1.165) is 11.0 Å². The van der Waals surface area contributed by atoms with Crippen molar-refractivity contribution in [3.8, 4) is 0 Å². The highest BCUT2D eigenvalue weighted by atomic mass is 19.4. The van der Waals surface area contributed by atoms with Gasteiger partial charge in [-0.3, -0.25) is 14.5 Å². The standard InChI is InChI=1S/C24H28F5N3O2/c1-2-19(33)32-13-22(14-32)9-11-31(15-23(22,25)26)21(34)20(17-6-4-3-5-7-17)18-8-10-30(12-18)16-24(27,28)29/h2-7,18,20H,1,8-16H2/t18-,20+/m0/s1. The van der Waals surface area contributed by atoms with E-state index in [9.17, 15) is 22.8 Å². The fourth-order valence-electron chi connectivity index (χ4n) is 5.57. The topological polar surface area (TPSA) is 43.9 Å². The summed E-state index contributed by atoms with van der Waals surface area (Å²) in [6.45, 7) is 1.81. The summed E-state index contributed by atoms with van der Waals surface area (Å²) in [5.41, 5.74) is -0.733. The monoisotopic (exact) mass is 485 g/mol. The van der Waals surface area contributed by atoms with Crippen molar-refractivity contribution >= 4 is 11.8 Å². The predicted octanol–water partition coefficient (Wildman–Crippen LogP) is 3.54. The summed E-state index contributed by atoms with van der Waals surface area (Å²) in [6.07, 6.45) is -2.81. The van der Waals surface area contributed by atoms with Crippen LogP contribution in [0, 0.1) is 11.3 Å². The van der Waals surface area contributed by atoms with Gasteiger partial charge in [0.15, 0.2) is 0 Å². The first-order valence-electron chi connectivity index (χ1n) is 11.4. The van der Waals surface area contributed by atoms with Crippen molar-refractivity contribution in [1.82, 2.24) is 14.7 Å². The molecule has 0 aliphatic carbocycles. The van der Waals surface area contributed by atoms with Gasteiger partial charge in [0.1, 0.15) is 0 Å². The first kappa shape index (κ1) is 24.6. The number of likely N-dealkylation sites (tertiary alicyclic amines) is 3. The van der Waals surface area contributed by atoms with Crippen LogP contribution >= 0.6 is 0 Å². The minimum atomic E-state index is -4.34. The van der Waals surface area contributed by atoms with Crippen LogP contribution in [0.4, 0.5) is 22.0 Å². The van der Waals surface area contributed by atoms with Gasteiger partial charge in [0, 0.05) is 26.2 Å². The second kappa shape index (κ2) is 8.94. The third-order valence-corrected chi connectivity index (χ3v) is 7.42. The highest BCUT2D eigenvalue weighted by molar-refractivity contribution is 5.88. The van der Waals surface area contributed by atoms with Crippen LogP contribution in [0.25, 0.3) is 0 Å². The highest BCUT2D eigenvalue weighted by Crippen LogP contribution is 2.50. The summed E-state index contributed by atoms with van der Waals surface area (Å²) in [5, 5.41) is 0.